The van der Waals surface area contributed by atoms with E-state index in [0.29, 0.717) is 0 Å². The van der Waals surface area contributed by atoms with Gasteiger partial charge in [0, 0.05) is 12.1 Å². The van der Waals surface area contributed by atoms with E-state index in [9.17, 15) is 0 Å². The van der Waals surface area contributed by atoms with Gasteiger partial charge in [-0.15, -0.1) is 0 Å². The van der Waals surface area contributed by atoms with Gasteiger partial charge >= 0.3 is 5.95 Å². The van der Waals surface area contributed by atoms with Crippen LogP contribution in [0.1, 0.15) is 0 Å². The molecule has 2 N–H and O–H groups in total. The lowest BCUT2D eigenvalue weighted by Gasteiger charge is -1.85. The maximum atomic E-state index is 5.34. The first-order valence-electron chi connectivity index (χ1n) is 1.95. The summed E-state index contributed by atoms with van der Waals surface area (Å²) >= 11 is 5.34. The van der Waals surface area contributed by atoms with E-state index in [2.05, 4.69) is 9.25 Å². The third kappa shape index (κ3) is 0.936. The first-order valence-corrected chi connectivity index (χ1v) is 2.33. The summed E-state index contributed by atoms with van der Waals surface area (Å²) in [5.41, 5.74) is 0. The second kappa shape index (κ2) is 2.07. The molecule has 1 rings (SSSR count). The van der Waals surface area contributed by atoms with Gasteiger partial charge in [-0.1, -0.05) is 0 Å². The van der Waals surface area contributed by atoms with Crippen LogP contribution in [0.15, 0.2) is 16.5 Å². The second-order valence-corrected chi connectivity index (χ2v) is 1.55. The van der Waals surface area contributed by atoms with Gasteiger partial charge in [0.25, 0.3) is 0 Å². The fourth-order valence-electron chi connectivity index (χ4n) is 0.361. The Balaban J connectivity index is 2.84. The normalized spacial score (nSPS) is 9.25. The van der Waals surface area contributed by atoms with Crippen LogP contribution in [0.2, 0.25) is 5.22 Å². The van der Waals surface area contributed by atoms with Crippen molar-refractivity contribution in [1.82, 2.24) is 0 Å². The van der Waals surface area contributed by atoms with E-state index in [1.807, 2.05) is 0 Å². The molecule has 0 aliphatic carbocycles. The lowest BCUT2D eigenvalue weighted by molar-refractivity contribution is 0.251. The highest BCUT2D eigenvalue weighted by molar-refractivity contribution is 6.28. The lowest BCUT2D eigenvalue weighted by Crippen LogP contribution is -1.99. The molecule has 0 atom stereocenters. The zero-order valence-corrected chi connectivity index (χ0v) is 4.68. The summed E-state index contributed by atoms with van der Waals surface area (Å²) in [5.74, 6) is 4.93. The smallest absolute Gasteiger partial charge is 0.305 e. The Hall–Kier alpha value is -0.670. The molecule has 0 radical (unpaired) electrons. The van der Waals surface area contributed by atoms with Crippen molar-refractivity contribution in [1.29, 1.82) is 0 Å². The lowest BCUT2D eigenvalue weighted by atomic mass is 10.7. The minimum Gasteiger partial charge on any atom is -0.413 e. The first-order chi connectivity index (χ1) is 3.83. The summed E-state index contributed by atoms with van der Waals surface area (Å²) in [6.07, 6.45) is 0. The average Bonchev–Trinajstić information content (AvgIpc) is 2.14. The van der Waals surface area contributed by atoms with Gasteiger partial charge in [-0.25, -0.2) is 0 Å². The summed E-state index contributed by atoms with van der Waals surface area (Å²) in [5, 5.41) is 0.269. The maximum absolute atomic E-state index is 5.34. The Morgan fingerprint density at radius 2 is 2.38 bits per heavy atom. The highest BCUT2D eigenvalue weighted by atomic mass is 35.5. The molecular weight excluding hydrogens is 130 g/mol. The Morgan fingerprint density at radius 1 is 1.62 bits per heavy atom. The number of rotatable bonds is 1. The fourth-order valence-corrected chi connectivity index (χ4v) is 0.500. The molecule has 3 nitrogen and oxygen atoms in total. The Labute approximate surface area is 50.9 Å². The zero-order chi connectivity index (χ0) is 5.98. The van der Waals surface area contributed by atoms with Crippen LogP contribution in [0.4, 0.5) is 0 Å². The van der Waals surface area contributed by atoms with Crippen molar-refractivity contribution in [3.8, 4) is 5.95 Å². The van der Waals surface area contributed by atoms with E-state index in [1.165, 1.54) is 6.07 Å². The molecule has 0 amide bonds. The van der Waals surface area contributed by atoms with Gasteiger partial charge < -0.3 is 9.25 Å². The minimum absolute atomic E-state index is 0.218. The van der Waals surface area contributed by atoms with Crippen molar-refractivity contribution in [3.05, 3.63) is 17.4 Å². The highest BCUT2D eigenvalue weighted by Gasteiger charge is 1.95. The standard InChI is InChI=1S/C4H4ClNO2/c5-3-1-2-4(7-3)8-6/h1-2H,6H2. The number of halogens is 1. The predicted octanol–water partition coefficient (Wildman–Crippen LogP) is 1.19. The SMILES string of the molecule is NOc1ccc(Cl)o1. The number of hydrogen-bond donors (Lipinski definition) is 1. The van der Waals surface area contributed by atoms with Crippen LogP contribution < -0.4 is 10.7 Å². The largest absolute Gasteiger partial charge is 0.413 e. The van der Waals surface area contributed by atoms with Crippen molar-refractivity contribution in [2.45, 2.75) is 0 Å². The van der Waals surface area contributed by atoms with Gasteiger partial charge in [0.2, 0.25) is 0 Å². The molecule has 1 heterocycles. The molecule has 1 aromatic rings. The zero-order valence-electron chi connectivity index (χ0n) is 3.93. The van der Waals surface area contributed by atoms with Crippen LogP contribution in [-0.4, -0.2) is 0 Å². The van der Waals surface area contributed by atoms with Crippen molar-refractivity contribution in [3.63, 3.8) is 0 Å². The van der Waals surface area contributed by atoms with Crippen LogP contribution in [0.25, 0.3) is 0 Å². The van der Waals surface area contributed by atoms with Crippen LogP contribution in [0, 0.1) is 0 Å². The third-order valence-electron chi connectivity index (χ3n) is 0.665. The molecular formula is C4H4ClNO2. The summed E-state index contributed by atoms with van der Waals surface area (Å²) in [7, 11) is 0. The summed E-state index contributed by atoms with van der Waals surface area (Å²) in [6.45, 7) is 0. The summed E-state index contributed by atoms with van der Waals surface area (Å²) in [6, 6.07) is 3.08. The number of hydrogen-bond acceptors (Lipinski definition) is 3. The summed E-state index contributed by atoms with van der Waals surface area (Å²) in [4.78, 5) is 4.18. The maximum Gasteiger partial charge on any atom is 0.305 e. The quantitative estimate of drug-likeness (QED) is 0.586. The van der Waals surface area contributed by atoms with Crippen molar-refractivity contribution in [2.75, 3.05) is 0 Å². The molecule has 0 unspecified atom stereocenters. The minimum atomic E-state index is 0.218. The number of nitrogens with two attached hydrogens (primary N) is 1. The van der Waals surface area contributed by atoms with Gasteiger partial charge in [-0.05, 0) is 11.6 Å². The van der Waals surface area contributed by atoms with Gasteiger partial charge in [0.05, 0.1) is 0 Å². The molecule has 0 saturated heterocycles. The number of furan rings is 1. The Morgan fingerprint density at radius 3 is 2.62 bits per heavy atom. The molecule has 0 spiro atoms. The van der Waals surface area contributed by atoms with Gasteiger partial charge in [-0.3, -0.25) is 0 Å². The van der Waals surface area contributed by atoms with E-state index < -0.39 is 0 Å². The second-order valence-electron chi connectivity index (χ2n) is 1.18. The molecule has 0 aromatic carbocycles. The Bertz CT molecular complexity index is 174. The Kier molecular flexibility index (Phi) is 1.41. The molecule has 0 aliphatic rings. The van der Waals surface area contributed by atoms with E-state index in [-0.39, 0.29) is 11.2 Å². The van der Waals surface area contributed by atoms with Crippen LogP contribution in [0.5, 0.6) is 5.95 Å². The van der Waals surface area contributed by atoms with E-state index in [1.54, 1.807) is 6.07 Å². The molecule has 0 fully saturated rings. The molecule has 1 aromatic heterocycles. The summed E-state index contributed by atoms with van der Waals surface area (Å²) < 4.78 is 4.65. The fraction of sp³-hybridized carbons (Fsp3) is 0. The molecule has 44 valence electrons. The molecule has 0 bridgehead atoms. The van der Waals surface area contributed by atoms with Crippen molar-refractivity contribution in [2.24, 2.45) is 5.90 Å². The highest BCUT2D eigenvalue weighted by Crippen LogP contribution is 2.17. The first kappa shape index (κ1) is 5.47. The van der Waals surface area contributed by atoms with Crippen LogP contribution in [0.3, 0.4) is 0 Å². The van der Waals surface area contributed by atoms with Gasteiger partial charge in [0.15, 0.2) is 5.22 Å². The van der Waals surface area contributed by atoms with E-state index in [0.717, 1.165) is 0 Å². The monoisotopic (exact) mass is 133 g/mol. The predicted molar refractivity (Wildman–Crippen MR) is 28.5 cm³/mol. The third-order valence-corrected chi connectivity index (χ3v) is 0.868. The van der Waals surface area contributed by atoms with Gasteiger partial charge in [0.1, 0.15) is 0 Å². The van der Waals surface area contributed by atoms with Crippen LogP contribution >= 0.6 is 11.6 Å². The van der Waals surface area contributed by atoms with Gasteiger partial charge in [-0.2, -0.15) is 5.90 Å². The molecule has 0 aliphatic heterocycles. The topological polar surface area (TPSA) is 48.4 Å². The van der Waals surface area contributed by atoms with E-state index >= 15 is 0 Å². The van der Waals surface area contributed by atoms with Crippen molar-refractivity contribution < 1.29 is 9.25 Å². The average molecular weight is 134 g/mol. The van der Waals surface area contributed by atoms with E-state index in [4.69, 9.17) is 17.5 Å². The van der Waals surface area contributed by atoms with Crippen LogP contribution in [-0.2, 0) is 0 Å². The molecule has 8 heavy (non-hydrogen) atoms. The van der Waals surface area contributed by atoms with Crippen molar-refractivity contribution >= 4 is 11.6 Å². The molecule has 0 saturated carbocycles. The molecule has 4 heteroatoms.